The zero-order valence-electron chi connectivity index (χ0n) is 20.4. The van der Waals surface area contributed by atoms with Crippen LogP contribution in [-0.4, -0.2) is 65.9 Å². The van der Waals surface area contributed by atoms with Gasteiger partial charge in [0.1, 0.15) is 12.1 Å². The molecule has 2 fully saturated rings. The molecule has 2 aromatic rings. The van der Waals surface area contributed by atoms with Gasteiger partial charge in [-0.1, -0.05) is 56.1 Å². The number of halogens is 1. The number of nitrogens with one attached hydrogen (secondary N) is 1. The molecule has 8 heteroatoms. The van der Waals surface area contributed by atoms with E-state index in [1.807, 2.05) is 30.3 Å². The summed E-state index contributed by atoms with van der Waals surface area (Å²) in [5, 5.41) is 3.48. The number of amides is 3. The van der Waals surface area contributed by atoms with Gasteiger partial charge in [-0.3, -0.25) is 14.4 Å². The molecule has 0 aliphatic carbocycles. The van der Waals surface area contributed by atoms with Crippen LogP contribution in [-0.2, 0) is 9.59 Å². The van der Waals surface area contributed by atoms with Crippen LogP contribution in [0.25, 0.3) is 0 Å². The maximum absolute atomic E-state index is 13.8. The van der Waals surface area contributed by atoms with E-state index in [0.717, 1.165) is 12.1 Å². The first-order valence-electron chi connectivity index (χ1n) is 12.3. The molecule has 1 N–H and O–H groups in total. The summed E-state index contributed by atoms with van der Waals surface area (Å²) in [6.07, 6.45) is 1.98. The molecule has 1 spiro atoms. The van der Waals surface area contributed by atoms with Crippen LogP contribution in [0, 0.1) is 5.92 Å². The van der Waals surface area contributed by atoms with Gasteiger partial charge < -0.3 is 20.0 Å². The van der Waals surface area contributed by atoms with Crippen LogP contribution in [0.15, 0.2) is 54.6 Å². The minimum absolute atomic E-state index is 0.0332. The normalized spacial score (nSPS) is 18.1. The third kappa shape index (κ3) is 5.30. The molecule has 0 bridgehead atoms. The number of hydrogen-bond acceptors (Lipinski definition) is 4. The quantitative estimate of drug-likeness (QED) is 0.633. The van der Waals surface area contributed by atoms with Gasteiger partial charge in [-0.2, -0.15) is 0 Å². The Hall–Kier alpha value is -3.06. The van der Waals surface area contributed by atoms with Crippen molar-refractivity contribution in [2.45, 2.75) is 38.6 Å². The fourth-order valence-electron chi connectivity index (χ4n) is 4.87. The molecule has 35 heavy (non-hydrogen) atoms. The molecule has 1 unspecified atom stereocenters. The van der Waals surface area contributed by atoms with Crippen LogP contribution in [0.1, 0.15) is 43.5 Å². The fraction of sp³-hybridized carbons (Fsp3) is 0.444. The molecule has 2 heterocycles. The molecule has 4 rings (SSSR count). The van der Waals surface area contributed by atoms with E-state index in [1.165, 1.54) is 0 Å². The Morgan fingerprint density at radius 2 is 1.80 bits per heavy atom. The van der Waals surface area contributed by atoms with E-state index < -0.39 is 5.54 Å². The summed E-state index contributed by atoms with van der Waals surface area (Å²) < 4.78 is 0. The number of benzene rings is 2. The molecule has 2 aromatic carbocycles. The highest BCUT2D eigenvalue weighted by Crippen LogP contribution is 2.39. The molecule has 3 amide bonds. The van der Waals surface area contributed by atoms with Crippen molar-refractivity contribution >= 4 is 35.0 Å². The molecule has 2 aliphatic rings. The number of anilines is 1. The van der Waals surface area contributed by atoms with E-state index in [9.17, 15) is 14.4 Å². The number of likely N-dealkylation sites (tertiary alicyclic amines) is 1. The molecule has 1 atom stereocenters. The number of carbonyl (C=O) groups is 3. The van der Waals surface area contributed by atoms with Crippen LogP contribution in [0.4, 0.5) is 5.69 Å². The molecule has 2 saturated heterocycles. The van der Waals surface area contributed by atoms with Crippen LogP contribution < -0.4 is 10.2 Å². The number of para-hydroxylation sites is 1. The Balaban J connectivity index is 1.51. The summed E-state index contributed by atoms with van der Waals surface area (Å²) >= 11 is 6.08. The molecule has 0 saturated carbocycles. The van der Waals surface area contributed by atoms with E-state index in [2.05, 4.69) is 24.1 Å². The second kappa shape index (κ2) is 10.7. The van der Waals surface area contributed by atoms with Crippen molar-refractivity contribution in [1.82, 2.24) is 15.1 Å². The van der Waals surface area contributed by atoms with Crippen molar-refractivity contribution in [3.8, 4) is 0 Å². The Bertz CT molecular complexity index is 1070. The Morgan fingerprint density at radius 1 is 1.09 bits per heavy atom. The van der Waals surface area contributed by atoms with Gasteiger partial charge in [0.05, 0.1) is 6.67 Å². The van der Waals surface area contributed by atoms with Gasteiger partial charge in [0.2, 0.25) is 5.91 Å². The van der Waals surface area contributed by atoms with Gasteiger partial charge in [-0.25, -0.2) is 0 Å². The summed E-state index contributed by atoms with van der Waals surface area (Å²) in [6.45, 7) is 6.07. The maximum Gasteiger partial charge on any atom is 0.253 e. The van der Waals surface area contributed by atoms with Crippen molar-refractivity contribution in [2.24, 2.45) is 5.92 Å². The Labute approximate surface area is 212 Å². The van der Waals surface area contributed by atoms with Gasteiger partial charge in [0.25, 0.3) is 11.8 Å². The van der Waals surface area contributed by atoms with E-state index in [1.54, 1.807) is 34.1 Å². The first-order chi connectivity index (χ1) is 16.8. The van der Waals surface area contributed by atoms with Crippen LogP contribution >= 0.6 is 11.6 Å². The van der Waals surface area contributed by atoms with Gasteiger partial charge in [0.15, 0.2) is 0 Å². The Morgan fingerprint density at radius 3 is 2.46 bits per heavy atom. The zero-order chi connectivity index (χ0) is 25.0. The average molecular weight is 497 g/mol. The van der Waals surface area contributed by atoms with Crippen LogP contribution in [0.5, 0.6) is 0 Å². The lowest BCUT2D eigenvalue weighted by Gasteiger charge is -2.43. The van der Waals surface area contributed by atoms with E-state index in [4.69, 9.17) is 11.6 Å². The van der Waals surface area contributed by atoms with Crippen LogP contribution in [0.3, 0.4) is 0 Å². The van der Waals surface area contributed by atoms with E-state index >= 15 is 0 Å². The van der Waals surface area contributed by atoms with Crippen molar-refractivity contribution in [3.63, 3.8) is 0 Å². The third-order valence-corrected chi connectivity index (χ3v) is 7.45. The molecular formula is C27H33ClN4O3. The fourth-order valence-corrected chi connectivity index (χ4v) is 5.06. The highest BCUT2D eigenvalue weighted by atomic mass is 35.5. The predicted molar refractivity (Wildman–Crippen MR) is 137 cm³/mol. The topological polar surface area (TPSA) is 73.0 Å². The lowest BCUT2D eigenvalue weighted by molar-refractivity contribution is -0.137. The number of carbonyl (C=O) groups excluding carboxylic acids is 3. The second-order valence-electron chi connectivity index (χ2n) is 9.56. The minimum atomic E-state index is -0.774. The highest BCUT2D eigenvalue weighted by molar-refractivity contribution is 6.31. The van der Waals surface area contributed by atoms with Gasteiger partial charge in [0, 0.05) is 35.9 Å². The minimum Gasteiger partial charge on any atom is -0.354 e. The smallest absolute Gasteiger partial charge is 0.253 e. The summed E-state index contributed by atoms with van der Waals surface area (Å²) in [6, 6.07) is 16.8. The first kappa shape index (κ1) is 25.0. The van der Waals surface area contributed by atoms with Crippen molar-refractivity contribution in [2.75, 3.05) is 37.7 Å². The predicted octanol–water partition coefficient (Wildman–Crippen LogP) is 3.78. The number of nitrogens with zero attached hydrogens (tertiary/aromatic N) is 3. The Kier molecular flexibility index (Phi) is 7.65. The average Bonchev–Trinajstić information content (AvgIpc) is 3.13. The van der Waals surface area contributed by atoms with Crippen molar-refractivity contribution in [1.29, 1.82) is 0 Å². The molecule has 186 valence electrons. The molecule has 7 nitrogen and oxygen atoms in total. The van der Waals surface area contributed by atoms with Gasteiger partial charge in [-0.15, -0.1) is 0 Å². The monoisotopic (exact) mass is 496 g/mol. The number of hydrogen-bond donors (Lipinski definition) is 1. The first-order valence-corrected chi connectivity index (χ1v) is 12.7. The third-order valence-electron chi connectivity index (χ3n) is 7.21. The molecule has 0 aromatic heterocycles. The van der Waals surface area contributed by atoms with Crippen LogP contribution in [0.2, 0.25) is 5.02 Å². The SMILES string of the molecule is CCC(C)CNC(=O)CN1CN(c2ccccc2)C2(CCN(C(=O)c3cccc(Cl)c3)CC2)C1=O. The zero-order valence-corrected chi connectivity index (χ0v) is 21.1. The summed E-state index contributed by atoms with van der Waals surface area (Å²) in [4.78, 5) is 45.0. The standard InChI is InChI=1S/C27H33ClN4O3/c1-3-20(2)17-29-24(33)18-31-19-32(23-10-5-4-6-11-23)27(26(31)35)12-14-30(15-13-27)25(34)21-8-7-9-22(28)16-21/h4-11,16,20H,3,12-15,17-19H2,1-2H3,(H,29,33). The van der Waals surface area contributed by atoms with Crippen molar-refractivity contribution < 1.29 is 14.4 Å². The summed E-state index contributed by atoms with van der Waals surface area (Å²) in [5.41, 5.74) is 0.715. The largest absolute Gasteiger partial charge is 0.354 e. The highest BCUT2D eigenvalue weighted by Gasteiger charge is 2.54. The summed E-state index contributed by atoms with van der Waals surface area (Å²) in [5.74, 6) is 0.120. The lowest BCUT2D eigenvalue weighted by Crippen LogP contribution is -2.57. The van der Waals surface area contributed by atoms with E-state index in [-0.39, 0.29) is 24.3 Å². The molecular weight excluding hydrogens is 464 g/mol. The summed E-state index contributed by atoms with van der Waals surface area (Å²) in [7, 11) is 0. The second-order valence-corrected chi connectivity index (χ2v) is 10.00. The molecule has 0 radical (unpaired) electrons. The number of rotatable bonds is 7. The van der Waals surface area contributed by atoms with Gasteiger partial charge >= 0.3 is 0 Å². The number of piperidine rings is 1. The van der Waals surface area contributed by atoms with E-state index in [0.29, 0.717) is 55.6 Å². The van der Waals surface area contributed by atoms with Crippen molar-refractivity contribution in [3.05, 3.63) is 65.2 Å². The van der Waals surface area contributed by atoms with Gasteiger partial charge in [-0.05, 0) is 49.1 Å². The maximum atomic E-state index is 13.8. The lowest BCUT2D eigenvalue weighted by atomic mass is 9.85. The molecule has 2 aliphatic heterocycles.